The molecule has 1 aromatic rings. The van der Waals surface area contributed by atoms with Crippen molar-refractivity contribution in [3.05, 3.63) is 11.8 Å². The number of likely N-dealkylation sites (tertiary alicyclic amines) is 1. The topological polar surface area (TPSA) is 52.6 Å². The van der Waals surface area contributed by atoms with Gasteiger partial charge in [0.2, 0.25) is 11.9 Å². The Morgan fingerprint density at radius 2 is 1.87 bits per heavy atom. The van der Waals surface area contributed by atoms with E-state index < -0.39 is 0 Å². The fourth-order valence-corrected chi connectivity index (χ4v) is 3.92. The van der Waals surface area contributed by atoms with Crippen molar-refractivity contribution < 1.29 is 4.79 Å². The third kappa shape index (κ3) is 3.12. The Balaban J connectivity index is 1.88. The molecule has 0 aliphatic carbocycles. The third-order valence-corrected chi connectivity index (χ3v) is 4.99. The second-order valence-electron chi connectivity index (χ2n) is 6.89. The molecule has 0 spiro atoms. The summed E-state index contributed by atoms with van der Waals surface area (Å²) in [4.78, 5) is 27.7. The van der Waals surface area contributed by atoms with Crippen LogP contribution in [0.1, 0.15) is 38.3 Å². The molecule has 2 unspecified atom stereocenters. The first-order valence-corrected chi connectivity index (χ1v) is 8.54. The monoisotopic (exact) mass is 317 g/mol. The van der Waals surface area contributed by atoms with E-state index in [1.165, 1.54) is 0 Å². The largest absolute Gasteiger partial charge is 0.363 e. The Morgan fingerprint density at radius 1 is 1.17 bits per heavy atom. The first-order chi connectivity index (χ1) is 11.0. The van der Waals surface area contributed by atoms with Gasteiger partial charge in [0.1, 0.15) is 5.82 Å². The van der Waals surface area contributed by atoms with Gasteiger partial charge >= 0.3 is 0 Å². The molecule has 0 saturated carbocycles. The van der Waals surface area contributed by atoms with E-state index >= 15 is 0 Å². The number of anilines is 2. The highest BCUT2D eigenvalue weighted by molar-refractivity contribution is 5.74. The van der Waals surface area contributed by atoms with E-state index in [1.807, 2.05) is 36.9 Å². The van der Waals surface area contributed by atoms with Crippen LogP contribution in [-0.2, 0) is 4.79 Å². The molecule has 23 heavy (non-hydrogen) atoms. The molecular weight excluding hydrogens is 290 g/mol. The molecule has 2 saturated heterocycles. The Bertz CT molecular complexity index is 588. The van der Waals surface area contributed by atoms with Crippen molar-refractivity contribution in [1.82, 2.24) is 14.9 Å². The lowest BCUT2D eigenvalue weighted by atomic mass is 10.0. The zero-order valence-corrected chi connectivity index (χ0v) is 14.6. The van der Waals surface area contributed by atoms with Crippen LogP contribution in [-0.4, -0.2) is 60.0 Å². The molecule has 1 aromatic heterocycles. The van der Waals surface area contributed by atoms with Crippen molar-refractivity contribution in [2.45, 2.75) is 51.6 Å². The number of amides is 1. The summed E-state index contributed by atoms with van der Waals surface area (Å²) >= 11 is 0. The van der Waals surface area contributed by atoms with Crippen LogP contribution >= 0.6 is 0 Å². The predicted octanol–water partition coefficient (Wildman–Crippen LogP) is 1.83. The standard InChI is InChI=1S/C17H27N5O/c1-12-11-16(20(3)4)19-17(18-12)22-10-6-8-15(22)14-7-5-9-21(14)13(2)23/h11,14-15H,5-10H2,1-4H3. The summed E-state index contributed by atoms with van der Waals surface area (Å²) in [6.45, 7) is 5.57. The maximum absolute atomic E-state index is 11.9. The van der Waals surface area contributed by atoms with Gasteiger partial charge in [-0.15, -0.1) is 0 Å². The summed E-state index contributed by atoms with van der Waals surface area (Å²) in [7, 11) is 4.00. The molecule has 0 N–H and O–H groups in total. The molecule has 0 aromatic carbocycles. The Hall–Kier alpha value is -1.85. The maximum atomic E-state index is 11.9. The van der Waals surface area contributed by atoms with E-state index in [1.54, 1.807) is 6.92 Å². The minimum absolute atomic E-state index is 0.193. The Kier molecular flexibility index (Phi) is 4.41. The highest BCUT2D eigenvalue weighted by Gasteiger charge is 2.39. The Labute approximate surface area is 138 Å². The molecule has 2 aliphatic rings. The van der Waals surface area contributed by atoms with E-state index in [0.717, 1.165) is 56.2 Å². The van der Waals surface area contributed by atoms with Gasteiger partial charge in [-0.05, 0) is 32.6 Å². The number of nitrogens with zero attached hydrogens (tertiary/aromatic N) is 5. The van der Waals surface area contributed by atoms with Crippen molar-refractivity contribution in [3.63, 3.8) is 0 Å². The number of carbonyl (C=O) groups is 1. The molecule has 0 radical (unpaired) electrons. The second kappa shape index (κ2) is 6.34. The normalized spacial score (nSPS) is 24.3. The molecule has 2 fully saturated rings. The predicted molar refractivity (Wildman–Crippen MR) is 91.9 cm³/mol. The van der Waals surface area contributed by atoms with Crippen LogP contribution in [0.4, 0.5) is 11.8 Å². The average Bonchev–Trinajstić information content (AvgIpc) is 3.14. The first-order valence-electron chi connectivity index (χ1n) is 8.54. The van der Waals surface area contributed by atoms with Gasteiger partial charge in [0.25, 0.3) is 0 Å². The van der Waals surface area contributed by atoms with Crippen LogP contribution in [0.25, 0.3) is 0 Å². The number of rotatable bonds is 3. The van der Waals surface area contributed by atoms with Crippen molar-refractivity contribution in [1.29, 1.82) is 0 Å². The fourth-order valence-electron chi connectivity index (χ4n) is 3.92. The number of aromatic nitrogens is 2. The lowest BCUT2D eigenvalue weighted by Gasteiger charge is -2.35. The van der Waals surface area contributed by atoms with E-state index in [4.69, 9.17) is 4.98 Å². The first kappa shape index (κ1) is 16.0. The minimum Gasteiger partial charge on any atom is -0.363 e. The summed E-state index contributed by atoms with van der Waals surface area (Å²) < 4.78 is 0. The molecule has 6 nitrogen and oxygen atoms in total. The summed E-state index contributed by atoms with van der Waals surface area (Å²) in [5.74, 6) is 1.94. The molecule has 2 aliphatic heterocycles. The van der Waals surface area contributed by atoms with Crippen molar-refractivity contribution in [2.75, 3.05) is 37.0 Å². The number of carbonyl (C=O) groups excluding carboxylic acids is 1. The maximum Gasteiger partial charge on any atom is 0.227 e. The molecule has 3 rings (SSSR count). The summed E-state index contributed by atoms with van der Waals surface area (Å²) in [5.41, 5.74) is 0.985. The van der Waals surface area contributed by atoms with E-state index in [0.29, 0.717) is 12.1 Å². The summed E-state index contributed by atoms with van der Waals surface area (Å²) in [6.07, 6.45) is 4.45. The van der Waals surface area contributed by atoms with Crippen molar-refractivity contribution in [3.8, 4) is 0 Å². The second-order valence-corrected chi connectivity index (χ2v) is 6.89. The molecule has 1 amide bonds. The van der Waals surface area contributed by atoms with E-state index in [2.05, 4.69) is 9.88 Å². The van der Waals surface area contributed by atoms with Crippen molar-refractivity contribution >= 4 is 17.7 Å². The van der Waals surface area contributed by atoms with Gasteiger partial charge in [0.05, 0.1) is 12.1 Å². The van der Waals surface area contributed by atoms with Crippen LogP contribution in [0.2, 0.25) is 0 Å². The molecular formula is C17H27N5O. The molecule has 0 bridgehead atoms. The van der Waals surface area contributed by atoms with Gasteiger partial charge < -0.3 is 14.7 Å². The lowest BCUT2D eigenvalue weighted by Crippen LogP contribution is -2.48. The van der Waals surface area contributed by atoms with Crippen LogP contribution in [0.5, 0.6) is 0 Å². The molecule has 126 valence electrons. The lowest BCUT2D eigenvalue weighted by molar-refractivity contribution is -0.129. The zero-order chi connectivity index (χ0) is 16.6. The smallest absolute Gasteiger partial charge is 0.227 e. The van der Waals surface area contributed by atoms with Crippen LogP contribution in [0.3, 0.4) is 0 Å². The number of hydrogen-bond acceptors (Lipinski definition) is 5. The van der Waals surface area contributed by atoms with Crippen LogP contribution in [0.15, 0.2) is 6.07 Å². The van der Waals surface area contributed by atoms with Crippen molar-refractivity contribution in [2.24, 2.45) is 0 Å². The van der Waals surface area contributed by atoms with Gasteiger partial charge in [-0.3, -0.25) is 4.79 Å². The number of hydrogen-bond donors (Lipinski definition) is 0. The van der Waals surface area contributed by atoms with Crippen LogP contribution in [0, 0.1) is 6.92 Å². The average molecular weight is 317 g/mol. The highest BCUT2D eigenvalue weighted by Crippen LogP contribution is 2.32. The zero-order valence-electron chi connectivity index (χ0n) is 14.6. The van der Waals surface area contributed by atoms with Gasteiger partial charge in [-0.1, -0.05) is 0 Å². The highest BCUT2D eigenvalue weighted by atomic mass is 16.2. The molecule has 6 heteroatoms. The molecule has 2 atom stereocenters. The fraction of sp³-hybridized carbons (Fsp3) is 0.706. The summed E-state index contributed by atoms with van der Waals surface area (Å²) in [5, 5.41) is 0. The van der Waals surface area contributed by atoms with E-state index in [9.17, 15) is 4.79 Å². The summed E-state index contributed by atoms with van der Waals surface area (Å²) in [6, 6.07) is 2.66. The van der Waals surface area contributed by atoms with Gasteiger partial charge in [-0.25, -0.2) is 4.98 Å². The van der Waals surface area contributed by atoms with E-state index in [-0.39, 0.29) is 5.91 Å². The third-order valence-electron chi connectivity index (χ3n) is 4.99. The minimum atomic E-state index is 0.193. The van der Waals surface area contributed by atoms with Gasteiger partial charge in [-0.2, -0.15) is 4.98 Å². The molecule has 3 heterocycles. The van der Waals surface area contributed by atoms with Gasteiger partial charge in [0.15, 0.2) is 0 Å². The SMILES string of the molecule is CC(=O)N1CCCC1C1CCCN1c1nc(C)cc(N(C)C)n1. The van der Waals surface area contributed by atoms with Crippen LogP contribution < -0.4 is 9.80 Å². The van der Waals surface area contributed by atoms with Gasteiger partial charge in [0, 0.05) is 45.9 Å². The number of aryl methyl sites for hydroxylation is 1. The quantitative estimate of drug-likeness (QED) is 0.851. The Morgan fingerprint density at radius 3 is 2.57 bits per heavy atom.